The van der Waals surface area contributed by atoms with Gasteiger partial charge in [0.05, 0.1) is 12.4 Å². The van der Waals surface area contributed by atoms with Crippen molar-refractivity contribution in [3.8, 4) is 5.75 Å². The largest absolute Gasteiger partial charge is 0.494 e. The van der Waals surface area contributed by atoms with Gasteiger partial charge in [-0.25, -0.2) is 4.79 Å². The van der Waals surface area contributed by atoms with Crippen LogP contribution in [0.1, 0.15) is 44.6 Å². The molecular weight excluding hydrogens is 346 g/mol. The standard InChI is InChI=1S/C17H27NO6S/c1-2-3-4-5-12-23-16-9-7-15(8-10-16)14-24-17(19)18-11-6-13-25(20,21)22/h7-10H,2-6,11-14H2,1H3,(H,18,19)(H,20,21,22). The Morgan fingerprint density at radius 2 is 1.84 bits per heavy atom. The molecule has 0 aliphatic carbocycles. The summed E-state index contributed by atoms with van der Waals surface area (Å²) in [6.45, 7) is 3.09. The molecule has 0 radical (unpaired) electrons. The molecule has 0 atom stereocenters. The van der Waals surface area contributed by atoms with Gasteiger partial charge >= 0.3 is 6.09 Å². The highest BCUT2D eigenvalue weighted by molar-refractivity contribution is 7.85. The van der Waals surface area contributed by atoms with Gasteiger partial charge < -0.3 is 14.8 Å². The van der Waals surface area contributed by atoms with Crippen LogP contribution in [-0.2, 0) is 21.5 Å². The van der Waals surface area contributed by atoms with Crippen molar-refractivity contribution in [1.29, 1.82) is 0 Å². The molecule has 0 aliphatic rings. The Labute approximate surface area is 149 Å². The Kier molecular flexibility index (Phi) is 9.94. The van der Waals surface area contributed by atoms with Crippen molar-refractivity contribution in [1.82, 2.24) is 5.32 Å². The first-order valence-corrected chi connectivity index (χ1v) is 10.1. The maximum absolute atomic E-state index is 11.5. The van der Waals surface area contributed by atoms with Gasteiger partial charge in [-0.1, -0.05) is 38.3 Å². The minimum atomic E-state index is -4.00. The van der Waals surface area contributed by atoms with E-state index in [0.717, 1.165) is 17.7 Å². The molecule has 0 fully saturated rings. The fourth-order valence-corrected chi connectivity index (χ4v) is 2.55. The number of carbonyl (C=O) groups is 1. The molecule has 7 nitrogen and oxygen atoms in total. The number of alkyl carbamates (subject to hydrolysis) is 1. The fourth-order valence-electron chi connectivity index (χ4n) is 2.05. The van der Waals surface area contributed by atoms with Gasteiger partial charge in [0, 0.05) is 6.54 Å². The highest BCUT2D eigenvalue weighted by atomic mass is 32.2. The van der Waals surface area contributed by atoms with Crippen molar-refractivity contribution in [2.45, 2.75) is 45.6 Å². The summed E-state index contributed by atoms with van der Waals surface area (Å²) in [4.78, 5) is 11.5. The first kappa shape index (κ1) is 21.2. The van der Waals surface area contributed by atoms with Gasteiger partial charge in [-0.05, 0) is 30.5 Å². The molecule has 1 aromatic carbocycles. The SMILES string of the molecule is CCCCCCOc1ccc(COC(=O)NCCCS(=O)(=O)O)cc1. The predicted molar refractivity (Wildman–Crippen MR) is 95.3 cm³/mol. The molecule has 1 amide bonds. The number of amides is 1. The van der Waals surface area contributed by atoms with E-state index >= 15 is 0 Å². The molecule has 0 heterocycles. The molecule has 0 aliphatic heterocycles. The number of carbonyl (C=O) groups excluding carboxylic acids is 1. The highest BCUT2D eigenvalue weighted by Crippen LogP contribution is 2.13. The molecule has 0 bridgehead atoms. The number of hydrogen-bond donors (Lipinski definition) is 2. The third-order valence-corrected chi connectivity index (χ3v) is 4.21. The van der Waals surface area contributed by atoms with Crippen molar-refractivity contribution < 1.29 is 27.2 Å². The highest BCUT2D eigenvalue weighted by Gasteiger charge is 2.06. The van der Waals surface area contributed by atoms with E-state index in [1.807, 2.05) is 24.3 Å². The van der Waals surface area contributed by atoms with Crippen LogP contribution >= 0.6 is 0 Å². The summed E-state index contributed by atoms with van der Waals surface area (Å²) in [6, 6.07) is 7.32. The number of rotatable bonds is 12. The number of hydrogen-bond acceptors (Lipinski definition) is 5. The fraction of sp³-hybridized carbons (Fsp3) is 0.588. The van der Waals surface area contributed by atoms with E-state index in [4.69, 9.17) is 14.0 Å². The molecular formula is C17H27NO6S. The number of nitrogens with one attached hydrogen (secondary N) is 1. The lowest BCUT2D eigenvalue weighted by atomic mass is 10.2. The Bertz CT molecular complexity index is 600. The van der Waals surface area contributed by atoms with E-state index in [9.17, 15) is 13.2 Å². The normalized spacial score (nSPS) is 11.1. The van der Waals surface area contributed by atoms with Crippen molar-refractivity contribution in [2.75, 3.05) is 18.9 Å². The van der Waals surface area contributed by atoms with Crippen LogP contribution in [0, 0.1) is 0 Å². The van der Waals surface area contributed by atoms with Crippen LogP contribution in [-0.4, -0.2) is 38.0 Å². The molecule has 25 heavy (non-hydrogen) atoms. The van der Waals surface area contributed by atoms with Crippen LogP contribution in [0.3, 0.4) is 0 Å². The molecule has 0 saturated carbocycles. The molecule has 0 aromatic heterocycles. The quantitative estimate of drug-likeness (QED) is 0.431. The molecule has 2 N–H and O–H groups in total. The Balaban J connectivity index is 2.19. The number of ether oxygens (including phenoxy) is 2. The first-order valence-electron chi connectivity index (χ1n) is 8.48. The van der Waals surface area contributed by atoms with E-state index in [1.54, 1.807) is 0 Å². The van der Waals surface area contributed by atoms with Gasteiger partial charge in [0.15, 0.2) is 0 Å². The van der Waals surface area contributed by atoms with Gasteiger partial charge in [0.1, 0.15) is 12.4 Å². The molecule has 0 spiro atoms. The second kappa shape index (κ2) is 11.7. The van der Waals surface area contributed by atoms with Gasteiger partial charge in [-0.3, -0.25) is 4.55 Å². The summed E-state index contributed by atoms with van der Waals surface area (Å²) >= 11 is 0. The van der Waals surface area contributed by atoms with Crippen molar-refractivity contribution in [3.63, 3.8) is 0 Å². The zero-order valence-electron chi connectivity index (χ0n) is 14.6. The number of unbranched alkanes of at least 4 members (excludes halogenated alkanes) is 3. The monoisotopic (exact) mass is 373 g/mol. The molecule has 8 heteroatoms. The lowest BCUT2D eigenvalue weighted by Crippen LogP contribution is -2.26. The van der Waals surface area contributed by atoms with E-state index in [-0.39, 0.29) is 19.6 Å². The minimum Gasteiger partial charge on any atom is -0.494 e. The van der Waals surface area contributed by atoms with E-state index in [1.165, 1.54) is 19.3 Å². The van der Waals surface area contributed by atoms with Crippen LogP contribution in [0.5, 0.6) is 5.75 Å². The van der Waals surface area contributed by atoms with Gasteiger partial charge in [-0.2, -0.15) is 8.42 Å². The number of benzene rings is 1. The average molecular weight is 373 g/mol. The van der Waals surface area contributed by atoms with Crippen molar-refractivity contribution in [3.05, 3.63) is 29.8 Å². The third-order valence-electron chi connectivity index (χ3n) is 3.41. The summed E-state index contributed by atoms with van der Waals surface area (Å²) in [5.74, 6) is 0.391. The Morgan fingerprint density at radius 3 is 2.48 bits per heavy atom. The first-order chi connectivity index (χ1) is 11.9. The second-order valence-electron chi connectivity index (χ2n) is 5.70. The van der Waals surface area contributed by atoms with Crippen LogP contribution in [0.2, 0.25) is 0 Å². The van der Waals surface area contributed by atoms with Crippen LogP contribution in [0.25, 0.3) is 0 Å². The van der Waals surface area contributed by atoms with Gasteiger partial charge in [0.2, 0.25) is 0 Å². The smallest absolute Gasteiger partial charge is 0.407 e. The molecule has 0 unspecified atom stereocenters. The molecule has 0 saturated heterocycles. The summed E-state index contributed by atoms with van der Waals surface area (Å²) in [7, 11) is -4.00. The summed E-state index contributed by atoms with van der Waals surface area (Å²) in [6.07, 6.45) is 4.11. The summed E-state index contributed by atoms with van der Waals surface area (Å²) in [5.41, 5.74) is 0.825. The van der Waals surface area contributed by atoms with Crippen LogP contribution in [0.15, 0.2) is 24.3 Å². The van der Waals surface area contributed by atoms with Crippen molar-refractivity contribution >= 4 is 16.2 Å². The lowest BCUT2D eigenvalue weighted by Gasteiger charge is -2.08. The van der Waals surface area contributed by atoms with E-state index < -0.39 is 22.0 Å². The Hall–Kier alpha value is -1.80. The molecule has 142 valence electrons. The third kappa shape index (κ3) is 11.4. The maximum atomic E-state index is 11.5. The van der Waals surface area contributed by atoms with Crippen LogP contribution in [0.4, 0.5) is 4.79 Å². The molecule has 1 rings (SSSR count). The van der Waals surface area contributed by atoms with Gasteiger partial charge in [0.25, 0.3) is 10.1 Å². The maximum Gasteiger partial charge on any atom is 0.407 e. The summed E-state index contributed by atoms with van der Waals surface area (Å²) < 4.78 is 40.3. The second-order valence-corrected chi connectivity index (χ2v) is 7.27. The lowest BCUT2D eigenvalue weighted by molar-refractivity contribution is 0.139. The zero-order chi connectivity index (χ0) is 18.5. The summed E-state index contributed by atoms with van der Waals surface area (Å²) in [5, 5.41) is 2.42. The minimum absolute atomic E-state index is 0.112. The topological polar surface area (TPSA) is 102 Å². The molecule has 1 aromatic rings. The van der Waals surface area contributed by atoms with Gasteiger partial charge in [-0.15, -0.1) is 0 Å². The Morgan fingerprint density at radius 1 is 1.12 bits per heavy atom. The van der Waals surface area contributed by atoms with Crippen molar-refractivity contribution in [2.24, 2.45) is 0 Å². The van der Waals surface area contributed by atoms with Crippen LogP contribution < -0.4 is 10.1 Å². The zero-order valence-corrected chi connectivity index (χ0v) is 15.4. The van der Waals surface area contributed by atoms with E-state index in [2.05, 4.69) is 12.2 Å². The van der Waals surface area contributed by atoms with E-state index in [0.29, 0.717) is 6.61 Å². The average Bonchev–Trinajstić information content (AvgIpc) is 2.57. The predicted octanol–water partition coefficient (Wildman–Crippen LogP) is 3.15.